The fourth-order valence-corrected chi connectivity index (χ4v) is 1.50. The minimum Gasteiger partial charge on any atom is -0.470 e. The number of aryl methyl sites for hydroxylation is 1. The lowest BCUT2D eigenvalue weighted by Crippen LogP contribution is -2.03. The van der Waals surface area contributed by atoms with Gasteiger partial charge < -0.3 is 4.74 Å². The molecule has 1 aromatic carbocycles. The van der Waals surface area contributed by atoms with Gasteiger partial charge in [-0.05, 0) is 25.0 Å². The molecule has 2 nitrogen and oxygen atoms in total. The fourth-order valence-electron chi connectivity index (χ4n) is 1.50. The molecule has 18 heavy (non-hydrogen) atoms. The topological polar surface area (TPSA) is 22.1 Å². The van der Waals surface area contributed by atoms with Crippen molar-refractivity contribution < 1.29 is 4.74 Å². The third-order valence-corrected chi connectivity index (χ3v) is 2.45. The fraction of sp³-hybridized carbons (Fsp3) is 0.312. The van der Waals surface area contributed by atoms with Crippen LogP contribution in [0.15, 0.2) is 48.7 Å². The van der Waals surface area contributed by atoms with Gasteiger partial charge in [0.15, 0.2) is 0 Å². The molecule has 0 fully saturated rings. The van der Waals surface area contributed by atoms with E-state index in [-0.39, 0.29) is 6.10 Å². The summed E-state index contributed by atoms with van der Waals surface area (Å²) < 4.78 is 5.74. The standard InChI is InChI=1S/C14H15NO.C2H6/c1-11-8-9-14(15-10-11)16-12(2)13-6-4-3-5-7-13;1-2/h3-10,12H,1-2H3;1-2H3. The van der Waals surface area contributed by atoms with E-state index in [2.05, 4.69) is 17.1 Å². The Kier molecular flexibility index (Phi) is 5.92. The van der Waals surface area contributed by atoms with E-state index in [0.717, 1.165) is 11.1 Å². The highest BCUT2D eigenvalue weighted by Crippen LogP contribution is 2.19. The molecular formula is C16H21NO. The van der Waals surface area contributed by atoms with Crippen LogP contribution in [0.5, 0.6) is 5.88 Å². The van der Waals surface area contributed by atoms with Crippen molar-refractivity contribution in [2.75, 3.05) is 0 Å². The Labute approximate surface area is 110 Å². The van der Waals surface area contributed by atoms with Crippen molar-refractivity contribution >= 4 is 0 Å². The zero-order chi connectivity index (χ0) is 13.4. The molecule has 0 saturated carbocycles. The molecule has 0 amide bonds. The summed E-state index contributed by atoms with van der Waals surface area (Å²) in [6, 6.07) is 14.0. The molecular weight excluding hydrogens is 222 g/mol. The van der Waals surface area contributed by atoms with Crippen LogP contribution in [0.3, 0.4) is 0 Å². The summed E-state index contributed by atoms with van der Waals surface area (Å²) in [4.78, 5) is 4.22. The predicted octanol–water partition coefficient (Wildman–Crippen LogP) is 4.56. The van der Waals surface area contributed by atoms with Crippen molar-refractivity contribution in [3.63, 3.8) is 0 Å². The van der Waals surface area contributed by atoms with Crippen molar-refractivity contribution in [3.8, 4) is 5.88 Å². The van der Waals surface area contributed by atoms with Crippen LogP contribution in [-0.2, 0) is 0 Å². The van der Waals surface area contributed by atoms with Gasteiger partial charge in [-0.2, -0.15) is 0 Å². The Morgan fingerprint density at radius 3 is 2.22 bits per heavy atom. The van der Waals surface area contributed by atoms with Crippen LogP contribution < -0.4 is 4.74 Å². The Hall–Kier alpha value is -1.83. The van der Waals surface area contributed by atoms with E-state index >= 15 is 0 Å². The number of ether oxygens (including phenoxy) is 1. The average molecular weight is 243 g/mol. The molecule has 2 aromatic rings. The maximum absolute atomic E-state index is 5.74. The summed E-state index contributed by atoms with van der Waals surface area (Å²) in [6.07, 6.45) is 1.84. The molecule has 0 aliphatic heterocycles. The van der Waals surface area contributed by atoms with Gasteiger partial charge in [0.05, 0.1) is 0 Å². The first-order valence-corrected chi connectivity index (χ1v) is 6.40. The zero-order valence-electron chi connectivity index (χ0n) is 11.6. The molecule has 1 atom stereocenters. The van der Waals surface area contributed by atoms with Crippen molar-refractivity contribution in [1.82, 2.24) is 4.98 Å². The average Bonchev–Trinajstić information content (AvgIpc) is 2.44. The van der Waals surface area contributed by atoms with Crippen molar-refractivity contribution in [3.05, 3.63) is 59.8 Å². The Morgan fingerprint density at radius 2 is 1.67 bits per heavy atom. The second-order valence-corrected chi connectivity index (χ2v) is 3.84. The molecule has 0 aliphatic carbocycles. The highest BCUT2D eigenvalue weighted by atomic mass is 16.5. The van der Waals surface area contributed by atoms with Gasteiger partial charge in [0, 0.05) is 12.3 Å². The lowest BCUT2D eigenvalue weighted by Gasteiger charge is -2.13. The van der Waals surface area contributed by atoms with E-state index in [1.165, 1.54) is 0 Å². The zero-order valence-corrected chi connectivity index (χ0v) is 11.6. The molecule has 1 heterocycles. The van der Waals surface area contributed by atoms with Crippen LogP contribution in [0.4, 0.5) is 0 Å². The smallest absolute Gasteiger partial charge is 0.213 e. The predicted molar refractivity (Wildman–Crippen MR) is 75.8 cm³/mol. The van der Waals surface area contributed by atoms with Gasteiger partial charge in [0.1, 0.15) is 6.10 Å². The number of benzene rings is 1. The lowest BCUT2D eigenvalue weighted by atomic mass is 10.1. The monoisotopic (exact) mass is 243 g/mol. The summed E-state index contributed by atoms with van der Waals surface area (Å²) >= 11 is 0. The minimum atomic E-state index is 0.0245. The van der Waals surface area contributed by atoms with Gasteiger partial charge in [0.2, 0.25) is 5.88 Å². The van der Waals surface area contributed by atoms with Crippen molar-refractivity contribution in [2.24, 2.45) is 0 Å². The quantitative estimate of drug-likeness (QED) is 0.788. The maximum Gasteiger partial charge on any atom is 0.213 e. The largest absolute Gasteiger partial charge is 0.470 e. The van der Waals surface area contributed by atoms with Crippen LogP contribution in [-0.4, -0.2) is 4.98 Å². The van der Waals surface area contributed by atoms with Crippen LogP contribution in [0.25, 0.3) is 0 Å². The van der Waals surface area contributed by atoms with E-state index in [1.54, 1.807) is 0 Å². The van der Waals surface area contributed by atoms with E-state index in [9.17, 15) is 0 Å². The molecule has 2 rings (SSSR count). The second-order valence-electron chi connectivity index (χ2n) is 3.84. The van der Waals surface area contributed by atoms with Gasteiger partial charge in [0.25, 0.3) is 0 Å². The second kappa shape index (κ2) is 7.49. The number of hydrogen-bond donors (Lipinski definition) is 0. The van der Waals surface area contributed by atoms with Crippen molar-refractivity contribution in [1.29, 1.82) is 0 Å². The lowest BCUT2D eigenvalue weighted by molar-refractivity contribution is 0.217. The van der Waals surface area contributed by atoms with Gasteiger partial charge in [-0.15, -0.1) is 0 Å². The van der Waals surface area contributed by atoms with Gasteiger partial charge in [-0.25, -0.2) is 4.98 Å². The molecule has 96 valence electrons. The Balaban J connectivity index is 0.000000771. The summed E-state index contributed by atoms with van der Waals surface area (Å²) in [7, 11) is 0. The number of nitrogens with zero attached hydrogens (tertiary/aromatic N) is 1. The normalized spacial score (nSPS) is 11.1. The molecule has 0 saturated heterocycles. The van der Waals surface area contributed by atoms with E-state index in [4.69, 9.17) is 4.74 Å². The van der Waals surface area contributed by atoms with Crippen LogP contribution in [0, 0.1) is 6.92 Å². The number of hydrogen-bond acceptors (Lipinski definition) is 2. The summed E-state index contributed by atoms with van der Waals surface area (Å²) in [5.41, 5.74) is 2.30. The Bertz CT molecular complexity index is 436. The number of aromatic nitrogens is 1. The minimum absolute atomic E-state index is 0.0245. The first-order valence-electron chi connectivity index (χ1n) is 6.40. The first kappa shape index (κ1) is 14.2. The molecule has 0 bridgehead atoms. The van der Waals surface area contributed by atoms with Gasteiger partial charge in [-0.3, -0.25) is 0 Å². The highest BCUT2D eigenvalue weighted by Gasteiger charge is 2.06. The SMILES string of the molecule is CC.Cc1ccc(OC(C)c2ccccc2)nc1. The molecule has 1 unspecified atom stereocenters. The molecule has 1 aromatic heterocycles. The summed E-state index contributed by atoms with van der Waals surface area (Å²) in [5.74, 6) is 0.668. The summed E-state index contributed by atoms with van der Waals surface area (Å²) in [5, 5.41) is 0. The Morgan fingerprint density at radius 1 is 1.00 bits per heavy atom. The first-order chi connectivity index (χ1) is 8.75. The van der Waals surface area contributed by atoms with Gasteiger partial charge >= 0.3 is 0 Å². The molecule has 0 spiro atoms. The molecule has 2 heteroatoms. The third kappa shape index (κ3) is 4.21. The molecule has 0 N–H and O–H groups in total. The van der Waals surface area contributed by atoms with Crippen molar-refractivity contribution in [2.45, 2.75) is 33.8 Å². The molecule has 0 aliphatic rings. The number of pyridine rings is 1. The third-order valence-electron chi connectivity index (χ3n) is 2.45. The van der Waals surface area contributed by atoms with E-state index < -0.39 is 0 Å². The van der Waals surface area contributed by atoms with Crippen LogP contribution in [0.1, 0.15) is 38.0 Å². The highest BCUT2D eigenvalue weighted by molar-refractivity contribution is 5.20. The van der Waals surface area contributed by atoms with E-state index in [1.807, 2.05) is 64.2 Å². The molecule has 0 radical (unpaired) electrons. The number of rotatable bonds is 3. The van der Waals surface area contributed by atoms with Crippen LogP contribution >= 0.6 is 0 Å². The van der Waals surface area contributed by atoms with Gasteiger partial charge in [-0.1, -0.05) is 50.2 Å². The maximum atomic E-state index is 5.74. The van der Waals surface area contributed by atoms with E-state index in [0.29, 0.717) is 5.88 Å². The summed E-state index contributed by atoms with van der Waals surface area (Å²) in [6.45, 7) is 8.04. The van der Waals surface area contributed by atoms with Crippen LogP contribution in [0.2, 0.25) is 0 Å².